The molecule has 20 heavy (non-hydrogen) atoms. The first-order chi connectivity index (χ1) is 9.74. The van der Waals surface area contributed by atoms with E-state index in [9.17, 15) is 0 Å². The van der Waals surface area contributed by atoms with Gasteiger partial charge in [-0.3, -0.25) is 0 Å². The topological polar surface area (TPSA) is 17.8 Å². The highest BCUT2D eigenvalue weighted by Crippen LogP contribution is 2.32. The van der Waals surface area contributed by atoms with Crippen LogP contribution in [-0.2, 0) is 5.88 Å². The normalized spacial score (nSPS) is 12.9. The van der Waals surface area contributed by atoms with Gasteiger partial charge in [-0.25, -0.2) is 4.98 Å². The minimum absolute atomic E-state index is 0.294. The van der Waals surface area contributed by atoms with E-state index in [0.29, 0.717) is 11.9 Å². The Balaban J connectivity index is 2.24. The van der Waals surface area contributed by atoms with Gasteiger partial charge in [0.05, 0.1) is 23.0 Å². The Morgan fingerprint density at radius 2 is 2.25 bits per heavy atom. The largest absolute Gasteiger partial charge is 0.318 e. The molecule has 104 valence electrons. The van der Waals surface area contributed by atoms with Crippen LogP contribution >= 0.6 is 38.9 Å². The van der Waals surface area contributed by atoms with Gasteiger partial charge in [0.15, 0.2) is 0 Å². The van der Waals surface area contributed by atoms with Crippen molar-refractivity contribution in [3.05, 3.63) is 50.9 Å². The van der Waals surface area contributed by atoms with Crippen molar-refractivity contribution < 1.29 is 0 Å². The average molecular weight is 370 g/mol. The molecule has 0 amide bonds. The van der Waals surface area contributed by atoms with Gasteiger partial charge in [-0.15, -0.1) is 22.9 Å². The second-order valence-corrected chi connectivity index (χ2v) is 6.77. The molecular formula is C15H14BrClN2S. The molecule has 3 rings (SSSR count). The van der Waals surface area contributed by atoms with Crippen LogP contribution < -0.4 is 0 Å². The van der Waals surface area contributed by atoms with E-state index in [2.05, 4.69) is 56.0 Å². The number of hydrogen-bond donors (Lipinski definition) is 0. The number of imidazole rings is 1. The number of nitrogens with zero attached hydrogens (tertiary/aromatic N) is 2. The third-order valence-electron chi connectivity index (χ3n) is 3.41. The lowest BCUT2D eigenvalue weighted by Gasteiger charge is -2.18. The maximum absolute atomic E-state index is 6.11. The number of aromatic nitrogens is 2. The summed E-state index contributed by atoms with van der Waals surface area (Å²) in [6, 6.07) is 10.7. The number of hydrogen-bond acceptors (Lipinski definition) is 2. The van der Waals surface area contributed by atoms with Gasteiger partial charge in [0.2, 0.25) is 0 Å². The molecule has 0 radical (unpaired) electrons. The molecule has 0 aliphatic carbocycles. The van der Waals surface area contributed by atoms with Gasteiger partial charge in [-0.2, -0.15) is 0 Å². The first-order valence-electron chi connectivity index (χ1n) is 6.50. The first-order valence-corrected chi connectivity index (χ1v) is 8.71. The number of thiophene rings is 1. The molecule has 1 atom stereocenters. The van der Waals surface area contributed by atoms with Gasteiger partial charge < -0.3 is 4.57 Å². The van der Waals surface area contributed by atoms with E-state index in [1.807, 2.05) is 12.1 Å². The fraction of sp³-hybridized carbons (Fsp3) is 0.267. The van der Waals surface area contributed by atoms with Crippen LogP contribution in [0.4, 0.5) is 0 Å². The molecule has 1 aromatic carbocycles. The molecular weight excluding hydrogens is 356 g/mol. The van der Waals surface area contributed by atoms with Gasteiger partial charge in [0.1, 0.15) is 5.82 Å². The summed E-state index contributed by atoms with van der Waals surface area (Å²) in [4.78, 5) is 6.01. The molecule has 5 heteroatoms. The Labute approximate surface area is 135 Å². The van der Waals surface area contributed by atoms with Crippen LogP contribution in [0.5, 0.6) is 0 Å². The van der Waals surface area contributed by atoms with E-state index < -0.39 is 0 Å². The minimum atomic E-state index is 0.294. The number of halogens is 2. The summed E-state index contributed by atoms with van der Waals surface area (Å²) in [5, 5.41) is 2.12. The first kappa shape index (κ1) is 14.1. The lowest BCUT2D eigenvalue weighted by atomic mass is 10.1. The zero-order valence-corrected chi connectivity index (χ0v) is 14.2. The lowest BCUT2D eigenvalue weighted by Crippen LogP contribution is -2.11. The molecule has 3 aromatic rings. The van der Waals surface area contributed by atoms with Crippen LogP contribution in [0.2, 0.25) is 0 Å². The van der Waals surface area contributed by atoms with E-state index in [0.717, 1.165) is 27.8 Å². The third kappa shape index (κ3) is 2.41. The van der Waals surface area contributed by atoms with Gasteiger partial charge in [-0.1, -0.05) is 28.9 Å². The fourth-order valence-corrected chi connectivity index (χ4v) is 3.99. The Morgan fingerprint density at radius 3 is 2.90 bits per heavy atom. The van der Waals surface area contributed by atoms with Crippen molar-refractivity contribution in [3.8, 4) is 0 Å². The van der Waals surface area contributed by atoms with Crippen LogP contribution in [0.25, 0.3) is 11.0 Å². The Kier molecular flexibility index (Phi) is 4.15. The predicted octanol–water partition coefficient (Wildman–Crippen LogP) is 5.60. The number of benzene rings is 1. The zero-order valence-electron chi connectivity index (χ0n) is 11.0. The SMILES string of the molecule is CCC(c1cccs1)n1c(CCl)nc2ccc(Br)cc21. The van der Waals surface area contributed by atoms with Gasteiger partial charge >= 0.3 is 0 Å². The summed E-state index contributed by atoms with van der Waals surface area (Å²) in [5.41, 5.74) is 2.13. The molecule has 0 fully saturated rings. The van der Waals surface area contributed by atoms with E-state index >= 15 is 0 Å². The summed E-state index contributed by atoms with van der Waals surface area (Å²) < 4.78 is 3.34. The summed E-state index contributed by atoms with van der Waals surface area (Å²) in [7, 11) is 0. The summed E-state index contributed by atoms with van der Waals surface area (Å²) in [6.45, 7) is 2.20. The summed E-state index contributed by atoms with van der Waals surface area (Å²) >= 11 is 11.4. The molecule has 0 N–H and O–H groups in total. The van der Waals surface area contributed by atoms with E-state index in [1.54, 1.807) is 11.3 Å². The van der Waals surface area contributed by atoms with Crippen LogP contribution in [0.15, 0.2) is 40.2 Å². The molecule has 2 heterocycles. The molecule has 0 aliphatic heterocycles. The van der Waals surface area contributed by atoms with Crippen molar-refractivity contribution in [2.45, 2.75) is 25.3 Å². The Bertz CT molecular complexity index is 721. The maximum Gasteiger partial charge on any atom is 0.125 e. The van der Waals surface area contributed by atoms with E-state index in [-0.39, 0.29) is 0 Å². The molecule has 0 saturated heterocycles. The van der Waals surface area contributed by atoms with Crippen molar-refractivity contribution in [2.24, 2.45) is 0 Å². The fourth-order valence-electron chi connectivity index (χ4n) is 2.55. The van der Waals surface area contributed by atoms with Crippen molar-refractivity contribution in [1.29, 1.82) is 0 Å². The lowest BCUT2D eigenvalue weighted by molar-refractivity contribution is 0.574. The van der Waals surface area contributed by atoms with Gasteiger partial charge in [0, 0.05) is 9.35 Å². The maximum atomic E-state index is 6.11. The van der Waals surface area contributed by atoms with Crippen molar-refractivity contribution in [1.82, 2.24) is 9.55 Å². The quantitative estimate of drug-likeness (QED) is 0.547. The van der Waals surface area contributed by atoms with E-state index in [1.165, 1.54) is 4.88 Å². The molecule has 2 nitrogen and oxygen atoms in total. The Hall–Kier alpha value is -0.840. The molecule has 0 aliphatic rings. The highest BCUT2D eigenvalue weighted by Gasteiger charge is 2.19. The zero-order chi connectivity index (χ0) is 14.1. The molecule has 0 saturated carbocycles. The van der Waals surface area contributed by atoms with E-state index in [4.69, 9.17) is 11.6 Å². The van der Waals surface area contributed by atoms with Gasteiger partial charge in [-0.05, 0) is 36.1 Å². The smallest absolute Gasteiger partial charge is 0.125 e. The van der Waals surface area contributed by atoms with Crippen LogP contribution in [0.1, 0.15) is 30.1 Å². The third-order valence-corrected chi connectivity index (χ3v) is 5.12. The second-order valence-electron chi connectivity index (χ2n) is 4.60. The van der Waals surface area contributed by atoms with Crippen LogP contribution in [0, 0.1) is 0 Å². The van der Waals surface area contributed by atoms with Gasteiger partial charge in [0.25, 0.3) is 0 Å². The molecule has 0 bridgehead atoms. The standard InChI is InChI=1S/C15H14BrClN2S/c1-2-12(14-4-3-7-20-14)19-13-8-10(16)5-6-11(13)18-15(19)9-17/h3-8,12H,2,9H2,1H3. The molecule has 2 aromatic heterocycles. The average Bonchev–Trinajstić information content (AvgIpc) is 3.08. The van der Waals surface area contributed by atoms with Crippen molar-refractivity contribution >= 4 is 49.9 Å². The molecule has 0 spiro atoms. The predicted molar refractivity (Wildman–Crippen MR) is 89.7 cm³/mol. The van der Waals surface area contributed by atoms with Crippen molar-refractivity contribution in [3.63, 3.8) is 0 Å². The van der Waals surface area contributed by atoms with Crippen LogP contribution in [-0.4, -0.2) is 9.55 Å². The van der Waals surface area contributed by atoms with Crippen molar-refractivity contribution in [2.75, 3.05) is 0 Å². The molecule has 1 unspecified atom stereocenters. The minimum Gasteiger partial charge on any atom is -0.318 e. The summed E-state index contributed by atoms with van der Waals surface area (Å²) in [5.74, 6) is 1.36. The van der Waals surface area contributed by atoms with Crippen LogP contribution in [0.3, 0.4) is 0 Å². The second kappa shape index (κ2) is 5.88. The highest BCUT2D eigenvalue weighted by atomic mass is 79.9. The number of fused-ring (bicyclic) bond motifs is 1. The number of alkyl halides is 1. The summed E-state index contributed by atoms with van der Waals surface area (Å²) in [6.07, 6.45) is 1.02. The Morgan fingerprint density at radius 1 is 1.40 bits per heavy atom. The number of rotatable bonds is 4. The monoisotopic (exact) mass is 368 g/mol. The highest BCUT2D eigenvalue weighted by molar-refractivity contribution is 9.10.